The van der Waals surface area contributed by atoms with Crippen molar-refractivity contribution in [2.45, 2.75) is 97.8 Å². The van der Waals surface area contributed by atoms with Crippen LogP contribution in [-0.4, -0.2) is 0 Å². The Morgan fingerprint density at radius 1 is 0.591 bits per heavy atom. The first-order valence-electron chi connectivity index (χ1n) is 9.63. The van der Waals surface area contributed by atoms with Gasteiger partial charge in [0.1, 0.15) is 0 Å². The highest BCUT2D eigenvalue weighted by Crippen LogP contribution is 2.24. The molecule has 0 aromatic heterocycles. The lowest BCUT2D eigenvalue weighted by Gasteiger charge is -2.15. The lowest BCUT2D eigenvalue weighted by atomic mass is 9.92. The van der Waals surface area contributed by atoms with Crippen molar-refractivity contribution in [3.05, 3.63) is 28.8 Å². The molecule has 126 valence electrons. The average Bonchev–Trinajstić information content (AvgIpc) is 2.51. The zero-order chi connectivity index (χ0) is 16.2. The minimum Gasteiger partial charge on any atom is -0.398 e. The monoisotopic (exact) mass is 303 g/mol. The normalized spacial score (nSPS) is 11.0. The molecule has 0 saturated heterocycles. The van der Waals surface area contributed by atoms with Gasteiger partial charge in [0.05, 0.1) is 0 Å². The van der Waals surface area contributed by atoms with Crippen LogP contribution in [0.1, 0.15) is 95.2 Å². The van der Waals surface area contributed by atoms with Crippen LogP contribution in [0.4, 0.5) is 5.69 Å². The van der Waals surface area contributed by atoms with Gasteiger partial charge in [0.2, 0.25) is 0 Å². The summed E-state index contributed by atoms with van der Waals surface area (Å²) in [5, 5.41) is 0. The number of hydrogen-bond donors (Lipinski definition) is 1. The van der Waals surface area contributed by atoms with Gasteiger partial charge in [-0.3, -0.25) is 0 Å². The summed E-state index contributed by atoms with van der Waals surface area (Å²) < 4.78 is 0. The van der Waals surface area contributed by atoms with Gasteiger partial charge < -0.3 is 5.73 Å². The molecular formula is C21H37N. The molecule has 0 fully saturated rings. The van der Waals surface area contributed by atoms with Crippen LogP contribution in [-0.2, 0) is 19.3 Å². The maximum Gasteiger partial charge on any atom is 0.0349 e. The zero-order valence-corrected chi connectivity index (χ0v) is 15.2. The van der Waals surface area contributed by atoms with Crippen LogP contribution in [0.25, 0.3) is 0 Å². The molecule has 0 aliphatic rings. The van der Waals surface area contributed by atoms with E-state index in [2.05, 4.69) is 32.9 Å². The summed E-state index contributed by atoms with van der Waals surface area (Å²) in [6, 6.07) is 4.72. The van der Waals surface area contributed by atoms with Gasteiger partial charge in [0, 0.05) is 5.69 Å². The summed E-state index contributed by atoms with van der Waals surface area (Å²) in [6.45, 7) is 6.81. The molecule has 1 heteroatoms. The molecule has 0 spiro atoms. The molecule has 0 aliphatic heterocycles. The molecule has 0 bridgehead atoms. The van der Waals surface area contributed by atoms with E-state index in [1.807, 2.05) is 0 Å². The number of hydrogen-bond acceptors (Lipinski definition) is 1. The molecule has 0 heterocycles. The second-order valence-electron chi connectivity index (χ2n) is 6.69. The van der Waals surface area contributed by atoms with Crippen LogP contribution in [0.5, 0.6) is 0 Å². The Morgan fingerprint density at radius 3 is 1.45 bits per heavy atom. The van der Waals surface area contributed by atoms with Crippen LogP contribution in [0.2, 0.25) is 0 Å². The number of nitrogen functional groups attached to an aromatic ring is 1. The SMILES string of the molecule is CCCCCc1cc(CCCCC)c(CCCCC)cc1N. The molecule has 0 unspecified atom stereocenters. The van der Waals surface area contributed by atoms with Gasteiger partial charge in [-0.15, -0.1) is 0 Å². The number of rotatable bonds is 12. The molecule has 0 atom stereocenters. The van der Waals surface area contributed by atoms with Gasteiger partial charge in [-0.1, -0.05) is 65.4 Å². The Kier molecular flexibility index (Phi) is 10.0. The van der Waals surface area contributed by atoms with Crippen molar-refractivity contribution in [2.24, 2.45) is 0 Å². The van der Waals surface area contributed by atoms with E-state index in [1.54, 1.807) is 5.56 Å². The Morgan fingerprint density at radius 2 is 1.00 bits per heavy atom. The molecule has 22 heavy (non-hydrogen) atoms. The molecule has 1 aromatic rings. The van der Waals surface area contributed by atoms with Crippen molar-refractivity contribution in [3.8, 4) is 0 Å². The highest BCUT2D eigenvalue weighted by Gasteiger charge is 2.08. The topological polar surface area (TPSA) is 26.0 Å². The minimum absolute atomic E-state index is 1.03. The van der Waals surface area contributed by atoms with Gasteiger partial charge in [-0.2, -0.15) is 0 Å². The van der Waals surface area contributed by atoms with Gasteiger partial charge >= 0.3 is 0 Å². The highest BCUT2D eigenvalue weighted by atomic mass is 14.6. The largest absolute Gasteiger partial charge is 0.398 e. The van der Waals surface area contributed by atoms with E-state index in [4.69, 9.17) is 5.73 Å². The van der Waals surface area contributed by atoms with Gasteiger partial charge in [0.15, 0.2) is 0 Å². The summed E-state index contributed by atoms with van der Waals surface area (Å²) in [4.78, 5) is 0. The van der Waals surface area contributed by atoms with Crippen LogP contribution in [0.15, 0.2) is 12.1 Å². The lowest BCUT2D eigenvalue weighted by molar-refractivity contribution is 0.690. The van der Waals surface area contributed by atoms with Crippen LogP contribution in [0, 0.1) is 0 Å². The van der Waals surface area contributed by atoms with Crippen molar-refractivity contribution in [3.63, 3.8) is 0 Å². The Balaban J connectivity index is 2.80. The fourth-order valence-corrected chi connectivity index (χ4v) is 3.14. The standard InChI is InChI=1S/C21H37N/c1-4-7-10-13-18-16-20(15-12-9-6-3)21(22)17-19(18)14-11-8-5-2/h16-17H,4-15,22H2,1-3H3. The van der Waals surface area contributed by atoms with E-state index in [0.717, 1.165) is 12.1 Å². The van der Waals surface area contributed by atoms with Crippen LogP contribution < -0.4 is 5.73 Å². The summed E-state index contributed by atoms with van der Waals surface area (Å²) >= 11 is 0. The lowest BCUT2D eigenvalue weighted by Crippen LogP contribution is -2.03. The van der Waals surface area contributed by atoms with Crippen LogP contribution in [0.3, 0.4) is 0 Å². The Labute approximate surface area is 138 Å². The van der Waals surface area contributed by atoms with E-state index < -0.39 is 0 Å². The second kappa shape index (κ2) is 11.6. The third kappa shape index (κ3) is 6.85. The molecule has 2 N–H and O–H groups in total. The summed E-state index contributed by atoms with van der Waals surface area (Å²) in [5.41, 5.74) is 11.8. The number of nitrogens with two attached hydrogens (primary N) is 1. The summed E-state index contributed by atoms with van der Waals surface area (Å²) in [5.74, 6) is 0. The summed E-state index contributed by atoms with van der Waals surface area (Å²) in [6.07, 6.45) is 15.3. The molecule has 0 saturated carbocycles. The van der Waals surface area contributed by atoms with Gasteiger partial charge in [-0.05, 0) is 61.3 Å². The highest BCUT2D eigenvalue weighted by molar-refractivity contribution is 5.52. The molecular weight excluding hydrogens is 266 g/mol. The maximum absolute atomic E-state index is 6.33. The maximum atomic E-state index is 6.33. The summed E-state index contributed by atoms with van der Waals surface area (Å²) in [7, 11) is 0. The predicted octanol–water partition coefficient (Wildman–Crippen LogP) is 6.47. The molecule has 0 radical (unpaired) electrons. The van der Waals surface area contributed by atoms with Crippen molar-refractivity contribution in [1.82, 2.24) is 0 Å². The first-order valence-corrected chi connectivity index (χ1v) is 9.63. The van der Waals surface area contributed by atoms with E-state index in [0.29, 0.717) is 0 Å². The average molecular weight is 304 g/mol. The predicted molar refractivity (Wildman–Crippen MR) is 101 cm³/mol. The first-order chi connectivity index (χ1) is 10.7. The smallest absolute Gasteiger partial charge is 0.0349 e. The van der Waals surface area contributed by atoms with Crippen molar-refractivity contribution in [2.75, 3.05) is 5.73 Å². The first kappa shape index (κ1) is 19.1. The van der Waals surface area contributed by atoms with Crippen LogP contribution >= 0.6 is 0 Å². The van der Waals surface area contributed by atoms with Crippen molar-refractivity contribution in [1.29, 1.82) is 0 Å². The van der Waals surface area contributed by atoms with E-state index >= 15 is 0 Å². The molecule has 1 aromatic carbocycles. The zero-order valence-electron chi connectivity index (χ0n) is 15.2. The fourth-order valence-electron chi connectivity index (χ4n) is 3.14. The number of unbranched alkanes of at least 4 members (excludes halogenated alkanes) is 6. The van der Waals surface area contributed by atoms with E-state index in [9.17, 15) is 0 Å². The fraction of sp³-hybridized carbons (Fsp3) is 0.714. The van der Waals surface area contributed by atoms with Gasteiger partial charge in [0.25, 0.3) is 0 Å². The second-order valence-corrected chi connectivity index (χ2v) is 6.69. The third-order valence-electron chi connectivity index (χ3n) is 4.61. The number of benzene rings is 1. The molecule has 1 nitrogen and oxygen atoms in total. The quantitative estimate of drug-likeness (QED) is 0.347. The Bertz CT molecular complexity index is 409. The third-order valence-corrected chi connectivity index (χ3v) is 4.61. The number of anilines is 1. The molecule has 0 amide bonds. The van der Waals surface area contributed by atoms with Gasteiger partial charge in [-0.25, -0.2) is 0 Å². The molecule has 0 aliphatic carbocycles. The van der Waals surface area contributed by atoms with E-state index in [1.165, 1.54) is 81.8 Å². The number of aryl methyl sites for hydroxylation is 3. The Hall–Kier alpha value is -0.980. The van der Waals surface area contributed by atoms with E-state index in [-0.39, 0.29) is 0 Å². The van der Waals surface area contributed by atoms with Crippen molar-refractivity contribution < 1.29 is 0 Å². The van der Waals surface area contributed by atoms with Crippen molar-refractivity contribution >= 4 is 5.69 Å². The molecule has 1 rings (SSSR count). The minimum atomic E-state index is 1.03.